The summed E-state index contributed by atoms with van der Waals surface area (Å²) in [6.45, 7) is 6.19. The van der Waals surface area contributed by atoms with Crippen molar-refractivity contribution in [3.8, 4) is 51.4 Å². The van der Waals surface area contributed by atoms with E-state index in [1.807, 2.05) is 4.72 Å². The van der Waals surface area contributed by atoms with Crippen molar-refractivity contribution in [1.82, 2.24) is 47.3 Å². The van der Waals surface area contributed by atoms with Crippen LogP contribution in [0.25, 0.3) is 11.1 Å². The van der Waals surface area contributed by atoms with Gasteiger partial charge in [0.05, 0.1) is 47.8 Å². The second-order valence-electron chi connectivity index (χ2n) is 34.7. The van der Waals surface area contributed by atoms with Crippen molar-refractivity contribution in [2.45, 2.75) is 211 Å². The third-order valence-corrected chi connectivity index (χ3v) is 26.9. The van der Waals surface area contributed by atoms with Crippen LogP contribution in [0.3, 0.4) is 0 Å². The number of phenols is 1. The molecule has 676 valence electrons. The van der Waals surface area contributed by atoms with Crippen LogP contribution in [0.2, 0.25) is 5.02 Å². The van der Waals surface area contributed by atoms with E-state index >= 15 is 28.8 Å². The van der Waals surface area contributed by atoms with Gasteiger partial charge in [-0.1, -0.05) is 55.8 Å². The molecule has 126 heavy (non-hydrogen) atoms. The SMILES string of the molecule is CN[C@H](CC(C)C)C(=O)N[C@H]1C(=O)N[C@@H](CC(=O)NS(=O)(=O)c2ccc(OCCCOC)cc2)C(=O)N[C@H]2C(=O)N[C@H]3C(=O)N[C@H](C(=O)N[C@H](C(=O)NC4C5CC6CC(C5)CC4C6)c4cc(O)cc5c4-c4cc3ccc4C5(O)O)[C@H](O)c3ccc(cc3)Oc3cc2cc(c3O[C@@H]2O[C@H](CO)[C@@H](O)[C@H](O)[C@H]2O[C@H]2C[C@](C)(N)[C@H](O)[C@H](C)O2)Oc2ccc(cc2Cl)[C@H]1O. The van der Waals surface area contributed by atoms with Crippen molar-refractivity contribution in [3.63, 3.8) is 0 Å². The molecule has 6 aromatic rings. The first-order valence-corrected chi connectivity index (χ1v) is 43.7. The third kappa shape index (κ3) is 18.5. The van der Waals surface area contributed by atoms with E-state index in [1.54, 1.807) is 13.8 Å². The third-order valence-electron chi connectivity index (χ3n) is 25.2. The minimum atomic E-state index is -4.92. The number of sulfonamides is 1. The fourth-order valence-electron chi connectivity index (χ4n) is 19.0. The minimum Gasteiger partial charge on any atom is -0.508 e. The summed E-state index contributed by atoms with van der Waals surface area (Å²) in [5.74, 6) is -15.0. The van der Waals surface area contributed by atoms with Crippen molar-refractivity contribution in [2.24, 2.45) is 35.3 Å². The number of fused-ring (bicyclic) bond motifs is 12. The van der Waals surface area contributed by atoms with Gasteiger partial charge < -0.3 is 132 Å². The Bertz CT molecular complexity index is 5270. The topological polar surface area (TPSA) is 561 Å². The Kier molecular flexibility index (Phi) is 26.2. The van der Waals surface area contributed by atoms with Crippen LogP contribution in [0.4, 0.5) is 0 Å². The van der Waals surface area contributed by atoms with Gasteiger partial charge in [-0.3, -0.25) is 38.4 Å². The van der Waals surface area contributed by atoms with Gasteiger partial charge in [-0.2, -0.15) is 0 Å². The smallest absolute Gasteiger partial charge is 0.264 e. The number of halogens is 1. The molecular weight excluding hydrogens is 1680 g/mol. The summed E-state index contributed by atoms with van der Waals surface area (Å²) in [5, 5.41) is 129. The van der Waals surface area contributed by atoms with Gasteiger partial charge in [-0.05, 0) is 207 Å². The zero-order valence-corrected chi connectivity index (χ0v) is 71.0. The minimum absolute atomic E-state index is 0.0689. The van der Waals surface area contributed by atoms with E-state index in [9.17, 15) is 64.0 Å². The quantitative estimate of drug-likeness (QED) is 0.0361. The molecular formula is C87H103ClN10O27S. The molecule has 12 aliphatic rings. The lowest BCUT2D eigenvalue weighted by Gasteiger charge is -2.54. The second kappa shape index (κ2) is 36.5. The van der Waals surface area contributed by atoms with Crippen LogP contribution in [0.5, 0.6) is 40.2 Å². The van der Waals surface area contributed by atoms with Crippen LogP contribution in [0.15, 0.2) is 114 Å². The van der Waals surface area contributed by atoms with Crippen molar-refractivity contribution < 1.29 is 131 Å². The maximum atomic E-state index is 16.7. The molecule has 7 heterocycles. The number of aliphatic hydroxyl groups is 8. The van der Waals surface area contributed by atoms with E-state index < -0.39 is 219 Å². The van der Waals surface area contributed by atoms with Gasteiger partial charge in [0.2, 0.25) is 65.1 Å². The van der Waals surface area contributed by atoms with E-state index in [0.717, 1.165) is 74.6 Å². The van der Waals surface area contributed by atoms with Crippen LogP contribution >= 0.6 is 11.6 Å². The van der Waals surface area contributed by atoms with E-state index in [1.165, 1.54) is 94.7 Å². The number of hydrogen-bond acceptors (Lipinski definition) is 29. The zero-order valence-electron chi connectivity index (χ0n) is 69.4. The van der Waals surface area contributed by atoms with Crippen LogP contribution in [0.1, 0.15) is 155 Å². The van der Waals surface area contributed by atoms with E-state index in [2.05, 4.69) is 42.5 Å². The number of aliphatic hydroxyl groups excluding tert-OH is 6. The Morgan fingerprint density at radius 3 is 2.02 bits per heavy atom. The largest absolute Gasteiger partial charge is 0.508 e. The molecule has 0 aromatic heterocycles. The number of methoxy groups -OCH3 is 1. The molecule has 20 N–H and O–H groups in total. The summed E-state index contributed by atoms with van der Waals surface area (Å²) in [5.41, 5.74) is 3.02. The average molecular weight is 1790 g/mol. The van der Waals surface area contributed by atoms with Gasteiger partial charge in [0.1, 0.15) is 89.8 Å². The Hall–Kier alpha value is -10.2. The maximum absolute atomic E-state index is 16.7. The van der Waals surface area contributed by atoms with Crippen molar-refractivity contribution in [2.75, 3.05) is 34.0 Å². The molecule has 0 radical (unpaired) electrons. The number of ether oxygens (including phenoxy) is 8. The number of benzene rings is 6. The van der Waals surface area contributed by atoms with E-state index in [4.69, 9.17) is 55.2 Å². The maximum Gasteiger partial charge on any atom is 0.264 e. The number of likely N-dealkylation sites (N-methyl/N-ethyl adjacent to an activating group) is 1. The van der Waals surface area contributed by atoms with Crippen LogP contribution in [-0.2, 0) is 73.1 Å². The molecule has 0 unspecified atom stereocenters. The summed E-state index contributed by atoms with van der Waals surface area (Å²) in [6.07, 6.45) is -14.1. The summed E-state index contributed by atoms with van der Waals surface area (Å²) in [7, 11) is -1.96. The highest BCUT2D eigenvalue weighted by Crippen LogP contribution is 2.56. The molecule has 0 spiro atoms. The molecule has 8 amide bonds. The zero-order chi connectivity index (χ0) is 90.0. The molecule has 15 bridgehead atoms. The number of aromatic hydroxyl groups is 1. The van der Waals surface area contributed by atoms with Gasteiger partial charge in [0, 0.05) is 49.3 Å². The lowest BCUT2D eigenvalue weighted by atomic mass is 9.54. The number of phenolic OH excluding ortho intramolecular Hbond substituents is 1. The number of nitrogens with two attached hydrogens (primary N) is 1. The summed E-state index contributed by atoms with van der Waals surface area (Å²) in [4.78, 5) is 125. The molecule has 6 aromatic carbocycles. The van der Waals surface area contributed by atoms with Gasteiger partial charge in [-0.25, -0.2) is 13.1 Å². The fraction of sp³-hybridized carbons (Fsp3) is 0.494. The molecule has 39 heteroatoms. The Morgan fingerprint density at radius 1 is 0.698 bits per heavy atom. The van der Waals surface area contributed by atoms with Crippen molar-refractivity contribution >= 4 is 68.9 Å². The van der Waals surface area contributed by atoms with Crippen molar-refractivity contribution in [1.29, 1.82) is 0 Å². The second-order valence-corrected chi connectivity index (χ2v) is 36.8. The lowest BCUT2D eigenvalue weighted by molar-refractivity contribution is -0.333. The monoisotopic (exact) mass is 1790 g/mol. The first-order valence-electron chi connectivity index (χ1n) is 41.8. The number of carbonyl (C=O) groups is 8. The molecule has 6 fully saturated rings. The van der Waals surface area contributed by atoms with Gasteiger partial charge >= 0.3 is 0 Å². The molecule has 18 rings (SSSR count). The van der Waals surface area contributed by atoms with Crippen molar-refractivity contribution in [3.05, 3.63) is 153 Å². The van der Waals surface area contributed by atoms with Crippen LogP contribution in [-0.4, -0.2) is 221 Å². The summed E-state index contributed by atoms with van der Waals surface area (Å²) < 4.78 is 80.4. The number of hydrogen-bond donors (Lipinski definition) is 19. The van der Waals surface area contributed by atoms with Gasteiger partial charge in [0.25, 0.3) is 10.0 Å². The molecule has 37 nitrogen and oxygen atoms in total. The van der Waals surface area contributed by atoms with E-state index in [-0.39, 0.29) is 110 Å². The molecule has 4 saturated carbocycles. The van der Waals surface area contributed by atoms with Crippen LogP contribution in [0, 0.1) is 29.6 Å². The number of amides is 8. The molecule has 5 aliphatic carbocycles. The normalized spacial score (nSPS) is 31.0. The lowest BCUT2D eigenvalue weighted by Crippen LogP contribution is -2.64. The molecule has 7 aliphatic heterocycles. The fourth-order valence-corrected chi connectivity index (χ4v) is 20.2. The highest BCUT2D eigenvalue weighted by molar-refractivity contribution is 7.90. The standard InChI is InChI=1S/C87H103ClN10O27S/c1-37(2)22-56(90-5)78(107)96-70-72(103)43-11-19-58(55(88)29-43)122-60-31-46-30-59(75(60)125-85-76(74(105)73(104)61(36-99)123-85)124-63-35-86(4,89)77(106)38(3)120-63)121-49-12-8-41(9-13-49)71(102)69-84(113)95-68(82(111)92-65-44-24-39-23-40(26-44)27-45(65)25-39)52-32-47(100)33-54-64(52)51-28-42(10-18-53(51)87(54,114)115)66(80(109)97-69)94-81(110)67(46)93-79(108)57(91-83(70)112)34-62(101)98-126(116,117)50-16-14-48(15-17-50)119-21-7-20-118-6/h8-19,28-33,37-40,44-45,56-57,61,63,65-74,76-77,85,90,99-100,102-106,114-115H,7,20-27,34-36,89H2,1-6H3,(H,91,112)(H,92,111)(H,93,108)(H,94,110)(H,95,113)(H,96,107)(H,97,109)(H,98,101)/t38-,39?,40?,44?,45?,56+,57-,61+,63-,65?,66+,67+,68-,69-,70+,71+,72+,73+,74-,76+,77+,85-,86-/m0/s1. The Balaban J connectivity index is 0.914. The van der Waals surface area contributed by atoms with Crippen LogP contribution < -0.4 is 71.9 Å². The highest BCUT2D eigenvalue weighted by Gasteiger charge is 2.54. The number of nitrogens with one attached hydrogen (secondary N) is 9. The average Bonchev–Trinajstić information content (AvgIpc) is 1.55. The van der Waals surface area contributed by atoms with Gasteiger partial charge in [0.15, 0.2) is 23.9 Å². The highest BCUT2D eigenvalue weighted by atomic mass is 35.5. The Morgan fingerprint density at radius 2 is 1.36 bits per heavy atom. The van der Waals surface area contributed by atoms with Gasteiger partial charge in [-0.15, -0.1) is 0 Å². The first kappa shape index (κ1) is 90.5. The Labute approximate surface area is 728 Å². The first-order chi connectivity index (χ1) is 59.9. The molecule has 2 saturated heterocycles. The van der Waals surface area contributed by atoms with E-state index in [0.29, 0.717) is 24.9 Å². The predicted octanol–water partition coefficient (Wildman–Crippen LogP) is 1.83. The number of rotatable bonds is 21. The summed E-state index contributed by atoms with van der Waals surface area (Å²) >= 11 is 7.22. The number of carbonyl (C=O) groups excluding carboxylic acids is 8. The predicted molar refractivity (Wildman–Crippen MR) is 442 cm³/mol. The summed E-state index contributed by atoms with van der Waals surface area (Å²) in [6, 6.07) is 6.72. The molecule has 18 atom stereocenters.